The minimum atomic E-state index is 0.353. The molecule has 3 unspecified atom stereocenters. The molecule has 0 fully saturated rings. The first kappa shape index (κ1) is 12.6. The fraction of sp³-hybridized carbons (Fsp3) is 0. The van der Waals surface area contributed by atoms with Crippen molar-refractivity contribution in [2.75, 3.05) is 0 Å². The minimum absolute atomic E-state index is 0.353. The zero-order valence-corrected chi connectivity index (χ0v) is 11.0. The van der Waals surface area contributed by atoms with Crippen molar-refractivity contribution in [3.8, 4) is 12.0 Å². The molecule has 0 aromatic carbocycles. The van der Waals surface area contributed by atoms with Gasteiger partial charge >= 0.3 is 0 Å². The van der Waals surface area contributed by atoms with Gasteiger partial charge in [0, 0.05) is 6.04 Å². The summed E-state index contributed by atoms with van der Waals surface area (Å²) in [7, 11) is 5.41. The Balaban J connectivity index is 3.80. The van der Waals surface area contributed by atoms with E-state index in [9.17, 15) is 0 Å². The van der Waals surface area contributed by atoms with E-state index in [1.807, 2.05) is 0 Å². The van der Waals surface area contributed by atoms with Crippen LogP contribution in [0.5, 0.6) is 0 Å². The Hall–Kier alpha value is 0.590. The lowest BCUT2D eigenvalue weighted by atomic mass is 10.7. The fourth-order valence-corrected chi connectivity index (χ4v) is 7.46. The van der Waals surface area contributed by atoms with Gasteiger partial charge in [-0.3, -0.25) is 10.8 Å². The SMILES string of the molecule is N=C(C#CN)PP=PC(=N)PP. The quantitative estimate of drug-likeness (QED) is 0.306. The molecule has 0 radical (unpaired) electrons. The summed E-state index contributed by atoms with van der Waals surface area (Å²) in [5, 5.41) is 15.3. The van der Waals surface area contributed by atoms with Gasteiger partial charge in [0.25, 0.3) is 0 Å². The highest BCUT2D eigenvalue weighted by atomic mass is 32.2. The van der Waals surface area contributed by atoms with Gasteiger partial charge in [0.15, 0.2) is 0 Å². The number of hydrogen-bond donors (Lipinski definition) is 3. The average Bonchev–Trinajstić information content (AvgIpc) is 2.04. The van der Waals surface area contributed by atoms with E-state index in [0.29, 0.717) is 27.2 Å². The molecule has 12 heavy (non-hydrogen) atoms. The summed E-state index contributed by atoms with van der Waals surface area (Å²) in [6, 6.07) is 2.19. The predicted molar refractivity (Wildman–Crippen MR) is 67.6 cm³/mol. The smallest absolute Gasteiger partial charge is 0.111 e. The summed E-state index contributed by atoms with van der Waals surface area (Å²) in [4.78, 5) is 0. The average molecular weight is 253 g/mol. The molecule has 0 amide bonds. The Morgan fingerprint density at radius 3 is 2.67 bits per heavy atom. The van der Waals surface area contributed by atoms with Crippen molar-refractivity contribution in [1.29, 1.82) is 10.8 Å². The van der Waals surface area contributed by atoms with E-state index in [0.717, 1.165) is 15.4 Å². The lowest BCUT2D eigenvalue weighted by Gasteiger charge is -1.87. The number of rotatable bonds is 4. The van der Waals surface area contributed by atoms with E-state index in [1.54, 1.807) is 0 Å². The molecule has 0 aliphatic rings. The molecule has 4 N–H and O–H groups in total. The van der Waals surface area contributed by atoms with Crippen molar-refractivity contribution in [2.24, 2.45) is 5.73 Å². The van der Waals surface area contributed by atoms with Gasteiger partial charge < -0.3 is 5.73 Å². The second-order valence-corrected chi connectivity index (χ2v) is 8.77. The zero-order chi connectivity index (χ0) is 9.40. The molecule has 0 aromatic heterocycles. The van der Waals surface area contributed by atoms with Crippen LogP contribution in [0.25, 0.3) is 0 Å². The van der Waals surface area contributed by atoms with Gasteiger partial charge in [-0.25, -0.2) is 0 Å². The highest BCUT2D eigenvalue weighted by Gasteiger charge is 1.88. The lowest BCUT2D eigenvalue weighted by Crippen LogP contribution is -1.81. The van der Waals surface area contributed by atoms with Crippen LogP contribution in [0.15, 0.2) is 0 Å². The largest absolute Gasteiger partial charge is 0.359 e. The van der Waals surface area contributed by atoms with Crippen molar-refractivity contribution in [3.05, 3.63) is 0 Å². The third-order valence-electron chi connectivity index (χ3n) is 0.646. The van der Waals surface area contributed by atoms with Crippen LogP contribution in [0.4, 0.5) is 0 Å². The monoisotopic (exact) mass is 253 g/mol. The van der Waals surface area contributed by atoms with E-state index >= 15 is 0 Å². The molecule has 0 aliphatic carbocycles. The number of nitrogens with two attached hydrogens (primary N) is 1. The lowest BCUT2D eigenvalue weighted by molar-refractivity contribution is 1.57. The topological polar surface area (TPSA) is 73.7 Å². The van der Waals surface area contributed by atoms with Gasteiger partial charge in [-0.1, -0.05) is 0 Å². The molecule has 8 heteroatoms. The van der Waals surface area contributed by atoms with Gasteiger partial charge in [-0.2, -0.15) is 0 Å². The first-order valence-corrected chi connectivity index (χ1v) is 9.87. The van der Waals surface area contributed by atoms with Crippen molar-refractivity contribution in [2.45, 2.75) is 0 Å². The van der Waals surface area contributed by atoms with Gasteiger partial charge in [-0.05, 0) is 37.9 Å². The maximum atomic E-state index is 7.33. The molecule has 0 rings (SSSR count). The second-order valence-electron chi connectivity index (χ2n) is 1.45. The molecule has 0 spiro atoms. The van der Waals surface area contributed by atoms with E-state index in [4.69, 9.17) is 16.6 Å². The van der Waals surface area contributed by atoms with Crippen LogP contribution < -0.4 is 5.73 Å². The van der Waals surface area contributed by atoms with Gasteiger partial charge in [-0.15, -0.1) is 8.93 Å². The molecule has 0 aromatic rings. The summed E-state index contributed by atoms with van der Waals surface area (Å²) in [5.74, 6) is 2.48. The third-order valence-corrected chi connectivity index (χ3v) is 8.22. The highest BCUT2D eigenvalue weighted by Crippen LogP contribution is 2.42. The molecule has 3 nitrogen and oxygen atoms in total. The Labute approximate surface area is 80.4 Å². The summed E-state index contributed by atoms with van der Waals surface area (Å²) in [6.07, 6.45) is 0. The maximum absolute atomic E-state index is 7.33. The van der Waals surface area contributed by atoms with E-state index in [2.05, 4.69) is 20.9 Å². The van der Waals surface area contributed by atoms with Gasteiger partial charge in [0.05, 0.1) is 5.19 Å². The van der Waals surface area contributed by atoms with Crippen LogP contribution in [0.1, 0.15) is 0 Å². The molecule has 0 bridgehead atoms. The van der Waals surface area contributed by atoms with E-state index in [1.165, 1.54) is 0 Å². The number of nitrogens with one attached hydrogen (secondary N) is 2. The molecule has 0 aliphatic heterocycles. The van der Waals surface area contributed by atoms with Crippen LogP contribution in [0.2, 0.25) is 0 Å². The maximum Gasteiger partial charge on any atom is 0.111 e. The molecular formula is C4H8N3P5. The molecule has 0 heterocycles. The van der Waals surface area contributed by atoms with Crippen LogP contribution in [-0.2, 0) is 0 Å². The minimum Gasteiger partial charge on any atom is -0.359 e. The van der Waals surface area contributed by atoms with Crippen molar-refractivity contribution in [1.82, 2.24) is 0 Å². The summed E-state index contributed by atoms with van der Waals surface area (Å²) in [6.45, 7) is 0. The summed E-state index contributed by atoms with van der Waals surface area (Å²) < 4.78 is 0. The third kappa shape index (κ3) is 7.25. The first-order chi connectivity index (χ1) is 5.70. The van der Waals surface area contributed by atoms with Gasteiger partial charge in [0.2, 0.25) is 0 Å². The Morgan fingerprint density at radius 2 is 2.17 bits per heavy atom. The van der Waals surface area contributed by atoms with Gasteiger partial charge in [0.1, 0.15) is 5.45 Å². The van der Waals surface area contributed by atoms with Crippen LogP contribution in [0.3, 0.4) is 0 Å². The molecule has 3 atom stereocenters. The Morgan fingerprint density at radius 1 is 1.50 bits per heavy atom. The highest BCUT2D eigenvalue weighted by molar-refractivity contribution is 8.36. The van der Waals surface area contributed by atoms with E-state index in [-0.39, 0.29) is 0 Å². The Kier molecular flexibility index (Phi) is 8.60. The van der Waals surface area contributed by atoms with Crippen molar-refractivity contribution < 1.29 is 0 Å². The predicted octanol–water partition coefficient (Wildman–Crippen LogP) is 2.69. The van der Waals surface area contributed by atoms with Crippen LogP contribution in [0, 0.1) is 22.8 Å². The second kappa shape index (κ2) is 8.20. The van der Waals surface area contributed by atoms with E-state index < -0.39 is 0 Å². The van der Waals surface area contributed by atoms with Crippen molar-refractivity contribution >= 4 is 51.5 Å². The molecule has 0 saturated carbocycles. The molecule has 64 valence electrons. The standard InChI is InChI=1S/C4H8N3P5/c5-2-1-3(6)10-12-11-4(7)9-8/h6-7,9-10H,5,8H2. The van der Waals surface area contributed by atoms with Crippen LogP contribution in [-0.4, -0.2) is 10.6 Å². The van der Waals surface area contributed by atoms with Crippen LogP contribution >= 0.6 is 40.9 Å². The first-order valence-electron chi connectivity index (χ1n) is 2.72. The fourth-order valence-electron chi connectivity index (χ4n) is 0.254. The molecule has 0 saturated heterocycles. The van der Waals surface area contributed by atoms with Crippen molar-refractivity contribution in [3.63, 3.8) is 0 Å². The summed E-state index contributed by atoms with van der Waals surface area (Å²) in [5.41, 5.74) is 5.31. The zero-order valence-electron chi connectivity index (χ0n) is 6.05. The summed E-state index contributed by atoms with van der Waals surface area (Å²) >= 11 is 0. The Bertz CT molecular complexity index is 262. The molecular weight excluding hydrogens is 245 g/mol. The normalized spacial score (nSPS) is 11.1. The number of hydrogen-bond acceptors (Lipinski definition) is 3.